The maximum absolute atomic E-state index is 12.3. The number of hydrogen-bond acceptors (Lipinski definition) is 5. The van der Waals surface area contributed by atoms with Gasteiger partial charge in [0.2, 0.25) is 0 Å². The minimum Gasteiger partial charge on any atom is -0.477 e. The predicted octanol–water partition coefficient (Wildman–Crippen LogP) is 1.94. The first kappa shape index (κ1) is 15.1. The van der Waals surface area contributed by atoms with E-state index in [1.807, 2.05) is 6.07 Å². The molecule has 2 rings (SSSR count). The van der Waals surface area contributed by atoms with E-state index in [1.54, 1.807) is 12.3 Å². The molecular formula is C12H11N3O4S2. The van der Waals surface area contributed by atoms with Crippen molar-refractivity contribution >= 4 is 32.3 Å². The van der Waals surface area contributed by atoms with Crippen molar-refractivity contribution in [3.05, 3.63) is 35.0 Å². The van der Waals surface area contributed by atoms with Gasteiger partial charge in [-0.25, -0.2) is 13.2 Å². The monoisotopic (exact) mass is 325 g/mol. The summed E-state index contributed by atoms with van der Waals surface area (Å²) in [6.07, 6.45) is 1.26. The van der Waals surface area contributed by atoms with Crippen LogP contribution in [-0.2, 0) is 16.6 Å². The molecule has 9 heteroatoms. The fourth-order valence-electron chi connectivity index (χ4n) is 1.73. The lowest BCUT2D eigenvalue weighted by Crippen LogP contribution is -2.12. The number of carboxylic acid groups (broad SMARTS) is 1. The number of hydrogen-bond donors (Lipinski definition) is 2. The molecule has 2 heterocycles. The van der Waals surface area contributed by atoms with Crippen LogP contribution in [0.3, 0.4) is 0 Å². The Morgan fingerprint density at radius 2 is 2.29 bits per heavy atom. The Morgan fingerprint density at radius 1 is 1.57 bits per heavy atom. The van der Waals surface area contributed by atoms with Gasteiger partial charge in [0, 0.05) is 12.7 Å². The number of nitrogens with one attached hydrogen (secondary N) is 1. The van der Waals surface area contributed by atoms with Crippen LogP contribution in [0, 0.1) is 11.3 Å². The zero-order chi connectivity index (χ0) is 15.6. The lowest BCUT2D eigenvalue weighted by molar-refractivity contribution is 0.0685. The Balaban J connectivity index is 2.41. The van der Waals surface area contributed by atoms with Crippen LogP contribution in [0.5, 0.6) is 0 Å². The topological polar surface area (TPSA) is 112 Å². The van der Waals surface area contributed by atoms with Gasteiger partial charge in [-0.2, -0.15) is 5.26 Å². The SMILES string of the molecule is CCn1cc(S(=O)(=O)Nc2sccc2C#N)cc1C(=O)O. The van der Waals surface area contributed by atoms with E-state index in [2.05, 4.69) is 4.72 Å². The number of nitriles is 1. The highest BCUT2D eigenvalue weighted by Crippen LogP contribution is 2.26. The summed E-state index contributed by atoms with van der Waals surface area (Å²) in [4.78, 5) is 10.9. The van der Waals surface area contributed by atoms with E-state index < -0.39 is 16.0 Å². The minimum absolute atomic E-state index is 0.107. The molecule has 2 N–H and O–H groups in total. The summed E-state index contributed by atoms with van der Waals surface area (Å²) in [5.41, 5.74) is 0.113. The van der Waals surface area contributed by atoms with Crippen molar-refractivity contribution in [2.75, 3.05) is 4.72 Å². The second-order valence-corrected chi connectivity index (χ2v) is 6.63. The van der Waals surface area contributed by atoms with Crippen molar-refractivity contribution < 1.29 is 18.3 Å². The van der Waals surface area contributed by atoms with Gasteiger partial charge >= 0.3 is 5.97 Å². The maximum Gasteiger partial charge on any atom is 0.352 e. The molecule has 0 saturated carbocycles. The molecule has 0 radical (unpaired) electrons. The molecule has 0 bridgehead atoms. The fraction of sp³-hybridized carbons (Fsp3) is 0.167. The molecule has 21 heavy (non-hydrogen) atoms. The molecule has 0 amide bonds. The van der Waals surface area contributed by atoms with E-state index in [-0.39, 0.29) is 21.2 Å². The van der Waals surface area contributed by atoms with E-state index in [1.165, 1.54) is 16.8 Å². The van der Waals surface area contributed by atoms with Gasteiger partial charge in [-0.05, 0) is 24.4 Å². The second-order valence-electron chi connectivity index (χ2n) is 4.03. The molecule has 0 spiro atoms. The number of thiophene rings is 1. The van der Waals surface area contributed by atoms with Crippen LogP contribution in [-0.4, -0.2) is 24.1 Å². The molecule has 0 aliphatic carbocycles. The number of rotatable bonds is 5. The molecule has 0 aromatic carbocycles. The highest BCUT2D eigenvalue weighted by atomic mass is 32.2. The van der Waals surface area contributed by atoms with Gasteiger partial charge in [-0.1, -0.05) is 0 Å². The third kappa shape index (κ3) is 2.91. The zero-order valence-electron chi connectivity index (χ0n) is 10.9. The number of nitrogens with zero attached hydrogens (tertiary/aromatic N) is 2. The molecule has 0 unspecified atom stereocenters. The summed E-state index contributed by atoms with van der Waals surface area (Å²) in [6.45, 7) is 2.04. The fourth-order valence-corrected chi connectivity index (χ4v) is 3.84. The molecule has 0 fully saturated rings. The van der Waals surface area contributed by atoms with Gasteiger partial charge in [-0.3, -0.25) is 4.72 Å². The molecule has 7 nitrogen and oxygen atoms in total. The molecule has 110 valence electrons. The third-order valence-corrected chi connectivity index (χ3v) is 5.03. The van der Waals surface area contributed by atoms with Crippen LogP contribution < -0.4 is 4.72 Å². The number of aromatic carboxylic acids is 1. The van der Waals surface area contributed by atoms with Crippen LogP contribution in [0.1, 0.15) is 23.0 Å². The number of anilines is 1. The highest BCUT2D eigenvalue weighted by Gasteiger charge is 2.22. The first-order valence-corrected chi connectivity index (χ1v) is 8.19. The Kier molecular flexibility index (Phi) is 4.02. The molecule has 2 aromatic rings. The Hall–Kier alpha value is -2.31. The smallest absolute Gasteiger partial charge is 0.352 e. The molecule has 0 atom stereocenters. The third-order valence-electron chi connectivity index (χ3n) is 2.75. The predicted molar refractivity (Wildman–Crippen MR) is 76.9 cm³/mol. The highest BCUT2D eigenvalue weighted by molar-refractivity contribution is 7.93. The lowest BCUT2D eigenvalue weighted by Gasteiger charge is -2.04. The zero-order valence-corrected chi connectivity index (χ0v) is 12.5. The van der Waals surface area contributed by atoms with E-state index in [0.717, 1.165) is 17.4 Å². The normalized spacial score (nSPS) is 11.0. The summed E-state index contributed by atoms with van der Waals surface area (Å²) >= 11 is 1.08. The molecule has 0 aliphatic heterocycles. The quantitative estimate of drug-likeness (QED) is 0.872. The van der Waals surface area contributed by atoms with Crippen molar-refractivity contribution in [3.8, 4) is 6.07 Å². The van der Waals surface area contributed by atoms with E-state index in [9.17, 15) is 13.2 Å². The summed E-state index contributed by atoms with van der Waals surface area (Å²) in [5, 5.41) is 19.7. The van der Waals surface area contributed by atoms with E-state index in [4.69, 9.17) is 10.4 Å². The van der Waals surface area contributed by atoms with Crippen LogP contribution in [0.25, 0.3) is 0 Å². The first-order valence-electron chi connectivity index (χ1n) is 5.83. The summed E-state index contributed by atoms with van der Waals surface area (Å²) in [5.74, 6) is -1.20. The van der Waals surface area contributed by atoms with E-state index >= 15 is 0 Å². The Morgan fingerprint density at radius 3 is 2.81 bits per heavy atom. The Labute approximate surface area is 125 Å². The average molecular weight is 325 g/mol. The number of aromatic nitrogens is 1. The van der Waals surface area contributed by atoms with Crippen LogP contribution in [0.2, 0.25) is 0 Å². The van der Waals surface area contributed by atoms with Gasteiger partial charge in [0.15, 0.2) is 0 Å². The molecule has 0 aliphatic rings. The number of aryl methyl sites for hydroxylation is 1. The maximum atomic E-state index is 12.3. The number of carboxylic acids is 1. The van der Waals surface area contributed by atoms with Gasteiger partial charge in [0.1, 0.15) is 21.7 Å². The standard InChI is InChI=1S/C12H11N3O4S2/c1-2-15-7-9(5-10(15)12(16)17)21(18,19)14-11-8(6-13)3-4-20-11/h3-5,7,14H,2H2,1H3,(H,16,17). The van der Waals surface area contributed by atoms with Crippen LogP contribution >= 0.6 is 11.3 Å². The number of carbonyl (C=O) groups is 1. The van der Waals surface area contributed by atoms with Gasteiger partial charge < -0.3 is 9.67 Å². The van der Waals surface area contributed by atoms with Crippen LogP contribution in [0.4, 0.5) is 5.00 Å². The van der Waals surface area contributed by atoms with Crippen molar-refractivity contribution in [1.82, 2.24) is 4.57 Å². The summed E-state index contributed by atoms with van der Waals surface area (Å²) in [6, 6.07) is 4.47. The van der Waals surface area contributed by atoms with Gasteiger partial charge in [0.25, 0.3) is 10.0 Å². The summed E-state index contributed by atoms with van der Waals surface area (Å²) in [7, 11) is -3.94. The van der Waals surface area contributed by atoms with Crippen molar-refractivity contribution in [3.63, 3.8) is 0 Å². The minimum atomic E-state index is -3.94. The van der Waals surface area contributed by atoms with Gasteiger partial charge in [-0.15, -0.1) is 11.3 Å². The largest absolute Gasteiger partial charge is 0.477 e. The van der Waals surface area contributed by atoms with E-state index in [0.29, 0.717) is 6.54 Å². The van der Waals surface area contributed by atoms with Gasteiger partial charge in [0.05, 0.1) is 5.56 Å². The number of sulfonamides is 1. The van der Waals surface area contributed by atoms with Crippen molar-refractivity contribution in [2.24, 2.45) is 0 Å². The molecule has 2 aromatic heterocycles. The molecular weight excluding hydrogens is 314 g/mol. The Bertz CT molecular complexity index is 827. The van der Waals surface area contributed by atoms with Crippen molar-refractivity contribution in [1.29, 1.82) is 5.26 Å². The van der Waals surface area contributed by atoms with Crippen LogP contribution in [0.15, 0.2) is 28.6 Å². The summed E-state index contributed by atoms with van der Waals surface area (Å²) < 4.78 is 28.1. The molecule has 0 saturated heterocycles. The lowest BCUT2D eigenvalue weighted by atomic mass is 10.4. The first-order chi connectivity index (χ1) is 9.89. The van der Waals surface area contributed by atoms with Crippen molar-refractivity contribution in [2.45, 2.75) is 18.4 Å². The average Bonchev–Trinajstić information content (AvgIpc) is 3.03. The second kappa shape index (κ2) is 5.59.